The van der Waals surface area contributed by atoms with Crippen LogP contribution in [0, 0.1) is 5.92 Å². The van der Waals surface area contributed by atoms with Crippen LogP contribution < -0.4 is 0 Å². The van der Waals surface area contributed by atoms with E-state index in [-0.39, 0.29) is 11.1 Å². The van der Waals surface area contributed by atoms with Crippen LogP contribution in [-0.4, -0.2) is 21.3 Å². The van der Waals surface area contributed by atoms with Crippen molar-refractivity contribution >= 4 is 0 Å². The maximum absolute atomic E-state index is 10.3. The highest BCUT2D eigenvalue weighted by molar-refractivity contribution is 5.31. The third kappa shape index (κ3) is 2.74. The van der Waals surface area contributed by atoms with Gasteiger partial charge in [0.1, 0.15) is 0 Å². The molecule has 1 aliphatic rings. The highest BCUT2D eigenvalue weighted by Gasteiger charge is 2.46. The number of nitrogens with zero attached hydrogens (tertiary/aromatic N) is 1. The second-order valence-electron chi connectivity index (χ2n) is 6.37. The van der Waals surface area contributed by atoms with E-state index in [1.54, 1.807) is 0 Å². The first-order chi connectivity index (χ1) is 7.77. The van der Waals surface area contributed by atoms with Gasteiger partial charge in [-0.05, 0) is 52.0 Å². The predicted octanol–water partition coefficient (Wildman–Crippen LogP) is 4.39. The molecule has 1 unspecified atom stereocenters. The van der Waals surface area contributed by atoms with Crippen molar-refractivity contribution in [2.75, 3.05) is 0 Å². The molecule has 0 saturated heterocycles. The molecule has 0 aromatic carbocycles. The van der Waals surface area contributed by atoms with E-state index >= 15 is 0 Å². The molecule has 1 N–H and O–H groups in total. The summed E-state index contributed by atoms with van der Waals surface area (Å²) in [4.78, 5) is 0. The normalized spacial score (nSPS) is 24.8. The van der Waals surface area contributed by atoms with E-state index in [2.05, 4.69) is 47.6 Å². The monoisotopic (exact) mass is 239 g/mol. The molecule has 0 fully saturated rings. The molecular formula is C15H29NO. The van der Waals surface area contributed by atoms with Crippen molar-refractivity contribution in [2.45, 2.75) is 78.3 Å². The first-order valence-corrected chi connectivity index (χ1v) is 6.99. The van der Waals surface area contributed by atoms with Crippen LogP contribution >= 0.6 is 0 Å². The van der Waals surface area contributed by atoms with Crippen LogP contribution in [-0.2, 0) is 0 Å². The lowest BCUT2D eigenvalue weighted by Gasteiger charge is -2.38. The minimum absolute atomic E-state index is 0.224. The molecule has 0 aliphatic carbocycles. The van der Waals surface area contributed by atoms with E-state index in [0.717, 1.165) is 0 Å². The zero-order valence-corrected chi connectivity index (χ0v) is 12.4. The van der Waals surface area contributed by atoms with Crippen LogP contribution in [0.3, 0.4) is 0 Å². The average Bonchev–Trinajstić information content (AvgIpc) is 2.41. The van der Waals surface area contributed by atoms with Gasteiger partial charge in [-0.1, -0.05) is 32.8 Å². The minimum atomic E-state index is -0.238. The van der Waals surface area contributed by atoms with Gasteiger partial charge in [0.05, 0.1) is 11.1 Å². The van der Waals surface area contributed by atoms with Gasteiger partial charge in [-0.15, -0.1) is 0 Å². The van der Waals surface area contributed by atoms with Crippen molar-refractivity contribution in [1.29, 1.82) is 0 Å². The lowest BCUT2D eigenvalue weighted by Crippen LogP contribution is -2.48. The van der Waals surface area contributed by atoms with Crippen molar-refractivity contribution in [3.63, 3.8) is 0 Å². The second kappa shape index (κ2) is 5.11. The minimum Gasteiger partial charge on any atom is -0.312 e. The molecule has 0 spiro atoms. The molecule has 0 saturated carbocycles. The average molecular weight is 239 g/mol. The Morgan fingerprint density at radius 3 is 2.18 bits per heavy atom. The van der Waals surface area contributed by atoms with E-state index < -0.39 is 0 Å². The van der Waals surface area contributed by atoms with E-state index in [0.29, 0.717) is 5.92 Å². The Kier molecular flexibility index (Phi) is 4.43. The van der Waals surface area contributed by atoms with Gasteiger partial charge in [0.2, 0.25) is 0 Å². The van der Waals surface area contributed by atoms with Gasteiger partial charge < -0.3 is 5.21 Å². The molecule has 0 radical (unpaired) electrons. The first kappa shape index (κ1) is 14.7. The lowest BCUT2D eigenvalue weighted by atomic mass is 9.81. The summed E-state index contributed by atoms with van der Waals surface area (Å²) in [7, 11) is 0. The topological polar surface area (TPSA) is 23.5 Å². The van der Waals surface area contributed by atoms with Crippen LogP contribution in [0.15, 0.2) is 11.6 Å². The summed E-state index contributed by atoms with van der Waals surface area (Å²) in [5.41, 5.74) is 0.956. The summed E-state index contributed by atoms with van der Waals surface area (Å²) in [5, 5.41) is 11.8. The van der Waals surface area contributed by atoms with Crippen LogP contribution in [0.2, 0.25) is 0 Å². The molecule has 100 valence electrons. The van der Waals surface area contributed by atoms with Crippen molar-refractivity contribution in [1.82, 2.24) is 5.06 Å². The maximum atomic E-state index is 10.3. The quantitative estimate of drug-likeness (QED) is 0.719. The summed E-state index contributed by atoms with van der Waals surface area (Å²) in [6, 6.07) is 0. The van der Waals surface area contributed by atoms with Crippen molar-refractivity contribution < 1.29 is 5.21 Å². The van der Waals surface area contributed by atoms with E-state index in [1.807, 2.05) is 0 Å². The van der Waals surface area contributed by atoms with Gasteiger partial charge in [-0.3, -0.25) is 0 Å². The van der Waals surface area contributed by atoms with E-state index in [4.69, 9.17) is 0 Å². The Morgan fingerprint density at radius 1 is 1.24 bits per heavy atom. The third-order valence-electron chi connectivity index (χ3n) is 4.13. The lowest BCUT2D eigenvalue weighted by molar-refractivity contribution is -0.186. The Hall–Kier alpha value is -0.340. The molecule has 0 aromatic rings. The van der Waals surface area contributed by atoms with Gasteiger partial charge in [-0.2, -0.15) is 5.06 Å². The SMILES string of the molecule is CCCCC(CC)C1=CC(C)(C)N(O)C1(C)C. The van der Waals surface area contributed by atoms with Crippen molar-refractivity contribution in [2.24, 2.45) is 5.92 Å². The largest absolute Gasteiger partial charge is 0.312 e. The fraction of sp³-hybridized carbons (Fsp3) is 0.867. The van der Waals surface area contributed by atoms with E-state index in [1.165, 1.54) is 36.3 Å². The number of hydrogen-bond donors (Lipinski definition) is 1. The zero-order valence-electron chi connectivity index (χ0n) is 12.4. The van der Waals surface area contributed by atoms with Gasteiger partial charge in [0.25, 0.3) is 0 Å². The number of hydroxylamine groups is 2. The van der Waals surface area contributed by atoms with Crippen molar-refractivity contribution in [3.05, 3.63) is 11.6 Å². The molecule has 17 heavy (non-hydrogen) atoms. The fourth-order valence-corrected chi connectivity index (χ4v) is 3.11. The summed E-state index contributed by atoms with van der Waals surface area (Å²) >= 11 is 0. The number of hydrogen-bond acceptors (Lipinski definition) is 2. The van der Waals surface area contributed by atoms with Crippen LogP contribution in [0.4, 0.5) is 0 Å². The highest BCUT2D eigenvalue weighted by Crippen LogP contribution is 2.43. The molecule has 1 rings (SSSR count). The third-order valence-corrected chi connectivity index (χ3v) is 4.13. The van der Waals surface area contributed by atoms with Crippen LogP contribution in [0.5, 0.6) is 0 Å². The molecular weight excluding hydrogens is 210 g/mol. The van der Waals surface area contributed by atoms with Crippen LogP contribution in [0.1, 0.15) is 67.2 Å². The molecule has 2 nitrogen and oxygen atoms in total. The molecule has 0 amide bonds. The molecule has 0 bridgehead atoms. The highest BCUT2D eigenvalue weighted by atomic mass is 16.5. The van der Waals surface area contributed by atoms with Crippen LogP contribution in [0.25, 0.3) is 0 Å². The molecule has 0 aromatic heterocycles. The number of rotatable bonds is 5. The smallest absolute Gasteiger partial charge is 0.0625 e. The summed E-state index contributed by atoms with van der Waals surface area (Å²) in [5.74, 6) is 0.612. The molecule has 1 aliphatic heterocycles. The zero-order chi connectivity index (χ0) is 13.3. The summed E-state index contributed by atoms with van der Waals surface area (Å²) in [6.07, 6.45) is 7.20. The van der Waals surface area contributed by atoms with Gasteiger partial charge in [-0.25, -0.2) is 0 Å². The van der Waals surface area contributed by atoms with E-state index in [9.17, 15) is 5.21 Å². The fourth-order valence-electron chi connectivity index (χ4n) is 3.11. The Balaban J connectivity index is 2.94. The Morgan fingerprint density at radius 2 is 1.82 bits per heavy atom. The second-order valence-corrected chi connectivity index (χ2v) is 6.37. The van der Waals surface area contributed by atoms with Crippen molar-refractivity contribution in [3.8, 4) is 0 Å². The molecule has 1 heterocycles. The standard InChI is InChI=1S/C15H29NO/c1-7-9-10-12(8-2)13-11-14(3,4)16(17)15(13,5)6/h11-12,17H,7-10H2,1-6H3. The first-order valence-electron chi connectivity index (χ1n) is 6.99. The maximum Gasteiger partial charge on any atom is 0.0625 e. The molecule has 2 heteroatoms. The van der Waals surface area contributed by atoms with Gasteiger partial charge in [0.15, 0.2) is 0 Å². The number of unbranched alkanes of at least 4 members (excludes halogenated alkanes) is 1. The predicted molar refractivity (Wildman–Crippen MR) is 73.2 cm³/mol. The Bertz CT molecular complexity index is 291. The van der Waals surface area contributed by atoms with Gasteiger partial charge >= 0.3 is 0 Å². The Labute approximate surface area is 107 Å². The summed E-state index contributed by atoms with van der Waals surface area (Å²) in [6.45, 7) is 12.9. The van der Waals surface area contributed by atoms with Gasteiger partial charge in [0, 0.05) is 0 Å². The molecule has 1 atom stereocenters. The summed E-state index contributed by atoms with van der Waals surface area (Å²) < 4.78 is 0.